The molecule has 3 rings (SSSR count). The van der Waals surface area contributed by atoms with Crippen molar-refractivity contribution in [2.75, 3.05) is 6.54 Å². The van der Waals surface area contributed by atoms with Gasteiger partial charge in [-0.05, 0) is 44.0 Å². The maximum atomic E-state index is 6.10. The molecule has 2 heterocycles. The molecule has 3 nitrogen and oxygen atoms in total. The van der Waals surface area contributed by atoms with Gasteiger partial charge in [0, 0.05) is 29.6 Å². The van der Waals surface area contributed by atoms with E-state index in [1.165, 1.54) is 24.0 Å². The molecule has 1 unspecified atom stereocenters. The summed E-state index contributed by atoms with van der Waals surface area (Å²) in [7, 11) is 0. The van der Waals surface area contributed by atoms with E-state index in [2.05, 4.69) is 29.1 Å². The van der Waals surface area contributed by atoms with Crippen LogP contribution in [0.2, 0.25) is 5.02 Å². The first kappa shape index (κ1) is 14.6. The number of halogens is 1. The highest BCUT2D eigenvalue weighted by Crippen LogP contribution is 2.37. The minimum Gasteiger partial charge on any atom is -0.361 e. The minimum absolute atomic E-state index is 0.421. The Hall–Kier alpha value is -1.32. The van der Waals surface area contributed by atoms with E-state index in [0.717, 1.165) is 36.0 Å². The maximum Gasteiger partial charge on any atom is 0.141 e. The lowest BCUT2D eigenvalue weighted by Gasteiger charge is -2.24. The Labute approximate surface area is 130 Å². The highest BCUT2D eigenvalue weighted by molar-refractivity contribution is 6.30. The van der Waals surface area contributed by atoms with Gasteiger partial charge in [-0.2, -0.15) is 0 Å². The van der Waals surface area contributed by atoms with Crippen LogP contribution < -0.4 is 0 Å². The van der Waals surface area contributed by atoms with Gasteiger partial charge in [-0.1, -0.05) is 35.8 Å². The van der Waals surface area contributed by atoms with Gasteiger partial charge in [0.2, 0.25) is 0 Å². The number of aryl methyl sites for hydroxylation is 2. The van der Waals surface area contributed by atoms with E-state index < -0.39 is 0 Å². The van der Waals surface area contributed by atoms with Crippen LogP contribution in [0.5, 0.6) is 0 Å². The van der Waals surface area contributed by atoms with Crippen LogP contribution in [-0.4, -0.2) is 16.6 Å². The van der Waals surface area contributed by atoms with Gasteiger partial charge < -0.3 is 4.52 Å². The Bertz CT molecular complexity index is 623. The first-order valence-electron chi connectivity index (χ1n) is 7.62. The standard InChI is InChI=1S/C17H21ClN2O/c1-3-16-17(12(2)19-21-16)15-8-5-9-20(15)11-13-6-4-7-14(18)10-13/h4,6-7,10,15H,3,5,8-9,11H2,1-2H3. The highest BCUT2D eigenvalue weighted by atomic mass is 35.5. The topological polar surface area (TPSA) is 29.3 Å². The second kappa shape index (κ2) is 6.20. The third-order valence-corrected chi connectivity index (χ3v) is 4.51. The first-order chi connectivity index (χ1) is 10.2. The molecule has 1 atom stereocenters. The molecule has 112 valence electrons. The summed E-state index contributed by atoms with van der Waals surface area (Å²) < 4.78 is 5.48. The fourth-order valence-electron chi connectivity index (χ4n) is 3.32. The van der Waals surface area contributed by atoms with Crippen molar-refractivity contribution in [1.82, 2.24) is 10.1 Å². The summed E-state index contributed by atoms with van der Waals surface area (Å²) in [5.41, 5.74) is 3.61. The van der Waals surface area contributed by atoms with Crippen molar-refractivity contribution in [3.8, 4) is 0 Å². The van der Waals surface area contributed by atoms with Crippen LogP contribution in [0.25, 0.3) is 0 Å². The zero-order chi connectivity index (χ0) is 14.8. The summed E-state index contributed by atoms with van der Waals surface area (Å²) in [6.45, 7) is 6.22. The van der Waals surface area contributed by atoms with E-state index in [0.29, 0.717) is 6.04 Å². The molecule has 0 spiro atoms. The van der Waals surface area contributed by atoms with E-state index in [1.54, 1.807) is 0 Å². The van der Waals surface area contributed by atoms with Crippen LogP contribution >= 0.6 is 11.6 Å². The molecular weight excluding hydrogens is 284 g/mol. The van der Waals surface area contributed by atoms with E-state index in [4.69, 9.17) is 16.1 Å². The molecule has 2 aromatic rings. The van der Waals surface area contributed by atoms with Crippen LogP contribution in [0, 0.1) is 6.92 Å². The molecule has 0 bridgehead atoms. The Morgan fingerprint density at radius 1 is 1.43 bits per heavy atom. The van der Waals surface area contributed by atoms with E-state index in [1.807, 2.05) is 19.1 Å². The van der Waals surface area contributed by atoms with Crippen LogP contribution in [-0.2, 0) is 13.0 Å². The molecule has 0 aliphatic carbocycles. The lowest BCUT2D eigenvalue weighted by Crippen LogP contribution is -2.23. The Kier molecular flexibility index (Phi) is 4.32. The average Bonchev–Trinajstić information content (AvgIpc) is 3.05. The number of rotatable bonds is 4. The highest BCUT2D eigenvalue weighted by Gasteiger charge is 2.31. The molecule has 21 heavy (non-hydrogen) atoms. The maximum absolute atomic E-state index is 6.10. The van der Waals surface area contributed by atoms with Crippen molar-refractivity contribution in [2.24, 2.45) is 0 Å². The van der Waals surface area contributed by atoms with Gasteiger partial charge in [-0.15, -0.1) is 0 Å². The third kappa shape index (κ3) is 2.99. The fraction of sp³-hybridized carbons (Fsp3) is 0.471. The predicted octanol–water partition coefficient (Wildman–Crippen LogP) is 4.54. The van der Waals surface area contributed by atoms with Gasteiger partial charge in [0.05, 0.1) is 5.69 Å². The van der Waals surface area contributed by atoms with Crippen molar-refractivity contribution in [3.63, 3.8) is 0 Å². The molecule has 1 saturated heterocycles. The molecule has 1 aliphatic heterocycles. The molecule has 4 heteroatoms. The molecule has 0 N–H and O–H groups in total. The van der Waals surface area contributed by atoms with Crippen molar-refractivity contribution >= 4 is 11.6 Å². The number of aromatic nitrogens is 1. The molecule has 0 amide bonds. The molecule has 1 fully saturated rings. The summed E-state index contributed by atoms with van der Waals surface area (Å²) in [5.74, 6) is 1.04. The van der Waals surface area contributed by atoms with Gasteiger partial charge in [0.1, 0.15) is 5.76 Å². The number of hydrogen-bond acceptors (Lipinski definition) is 3. The summed E-state index contributed by atoms with van der Waals surface area (Å²) in [6.07, 6.45) is 3.30. The van der Waals surface area contributed by atoms with Gasteiger partial charge >= 0.3 is 0 Å². The number of likely N-dealkylation sites (tertiary alicyclic amines) is 1. The lowest BCUT2D eigenvalue weighted by atomic mass is 10.0. The van der Waals surface area contributed by atoms with Crippen LogP contribution in [0.4, 0.5) is 0 Å². The molecule has 1 aromatic heterocycles. The largest absolute Gasteiger partial charge is 0.361 e. The lowest BCUT2D eigenvalue weighted by molar-refractivity contribution is 0.245. The van der Waals surface area contributed by atoms with Gasteiger partial charge in [0.15, 0.2) is 0 Å². The number of benzene rings is 1. The molecule has 1 aromatic carbocycles. The predicted molar refractivity (Wildman–Crippen MR) is 84.5 cm³/mol. The monoisotopic (exact) mass is 304 g/mol. The number of hydrogen-bond donors (Lipinski definition) is 0. The zero-order valence-corrected chi connectivity index (χ0v) is 13.4. The second-order valence-corrected chi connectivity index (χ2v) is 6.15. The molecule has 0 radical (unpaired) electrons. The summed E-state index contributed by atoms with van der Waals surface area (Å²) in [6, 6.07) is 8.56. The van der Waals surface area contributed by atoms with E-state index in [9.17, 15) is 0 Å². The molecule has 1 aliphatic rings. The van der Waals surface area contributed by atoms with Crippen LogP contribution in [0.3, 0.4) is 0 Å². The van der Waals surface area contributed by atoms with Crippen molar-refractivity contribution in [1.29, 1.82) is 0 Å². The molecule has 0 saturated carbocycles. The quantitative estimate of drug-likeness (QED) is 0.830. The van der Waals surface area contributed by atoms with E-state index in [-0.39, 0.29) is 0 Å². The minimum atomic E-state index is 0.421. The van der Waals surface area contributed by atoms with Crippen LogP contribution in [0.1, 0.15) is 48.4 Å². The Balaban J connectivity index is 1.84. The second-order valence-electron chi connectivity index (χ2n) is 5.72. The zero-order valence-electron chi connectivity index (χ0n) is 12.6. The first-order valence-corrected chi connectivity index (χ1v) is 8.00. The van der Waals surface area contributed by atoms with Gasteiger partial charge in [-0.3, -0.25) is 4.90 Å². The summed E-state index contributed by atoms with van der Waals surface area (Å²) >= 11 is 6.10. The Morgan fingerprint density at radius 2 is 2.29 bits per heavy atom. The van der Waals surface area contributed by atoms with E-state index >= 15 is 0 Å². The average molecular weight is 305 g/mol. The Morgan fingerprint density at radius 3 is 3.05 bits per heavy atom. The van der Waals surface area contributed by atoms with Gasteiger partial charge in [0.25, 0.3) is 0 Å². The smallest absolute Gasteiger partial charge is 0.141 e. The third-order valence-electron chi connectivity index (χ3n) is 4.28. The fourth-order valence-corrected chi connectivity index (χ4v) is 3.53. The SMILES string of the molecule is CCc1onc(C)c1C1CCCN1Cc1cccc(Cl)c1. The number of nitrogens with zero attached hydrogens (tertiary/aromatic N) is 2. The summed E-state index contributed by atoms with van der Waals surface area (Å²) in [5, 5.41) is 4.97. The van der Waals surface area contributed by atoms with Crippen molar-refractivity contribution in [3.05, 3.63) is 51.9 Å². The van der Waals surface area contributed by atoms with Crippen molar-refractivity contribution in [2.45, 2.75) is 45.7 Å². The van der Waals surface area contributed by atoms with Crippen molar-refractivity contribution < 1.29 is 4.52 Å². The van der Waals surface area contributed by atoms with Crippen LogP contribution in [0.15, 0.2) is 28.8 Å². The molecular formula is C17H21ClN2O. The van der Waals surface area contributed by atoms with Gasteiger partial charge in [-0.25, -0.2) is 0 Å². The normalized spacial score (nSPS) is 19.3. The summed E-state index contributed by atoms with van der Waals surface area (Å²) in [4.78, 5) is 2.52.